The summed E-state index contributed by atoms with van der Waals surface area (Å²) in [6.45, 7) is 8.41. The zero-order chi connectivity index (χ0) is 11.4. The Labute approximate surface area is 92.2 Å². The summed E-state index contributed by atoms with van der Waals surface area (Å²) < 4.78 is 1.89. The van der Waals surface area contributed by atoms with E-state index in [4.69, 9.17) is 0 Å². The van der Waals surface area contributed by atoms with Crippen molar-refractivity contribution in [3.8, 4) is 0 Å². The maximum atomic E-state index is 11.3. The second-order valence-corrected chi connectivity index (χ2v) is 4.25. The summed E-state index contributed by atoms with van der Waals surface area (Å²) in [5, 5.41) is 7.18. The summed E-state index contributed by atoms with van der Waals surface area (Å²) in [5.74, 6) is 0.0891. The van der Waals surface area contributed by atoms with E-state index in [9.17, 15) is 4.79 Å². The molecule has 15 heavy (non-hydrogen) atoms. The number of rotatable bonds is 4. The molecule has 1 N–H and O–H groups in total. The Morgan fingerprint density at radius 2 is 2.20 bits per heavy atom. The van der Waals surface area contributed by atoms with Crippen LogP contribution in [0.15, 0.2) is 12.3 Å². The van der Waals surface area contributed by atoms with Crippen molar-refractivity contribution < 1.29 is 6.22 Å². The van der Waals surface area contributed by atoms with Crippen LogP contribution in [-0.4, -0.2) is 15.7 Å². The summed E-state index contributed by atoms with van der Waals surface area (Å²) in [6, 6.07) is 2.29. The Morgan fingerprint density at radius 1 is 1.53 bits per heavy atom. The molecule has 4 heteroatoms. The highest BCUT2D eigenvalue weighted by Gasteiger charge is 2.07. The van der Waals surface area contributed by atoms with Gasteiger partial charge in [-0.05, 0) is 19.9 Å². The molecule has 1 rings (SSSR count). The number of nitrogens with one attached hydrogen (secondary N) is 1. The molecular weight excluding hydrogens is 190 g/mol. The molecule has 1 heterocycles. The summed E-state index contributed by atoms with van der Waals surface area (Å²) in [7, 11) is 0. The maximum absolute atomic E-state index is 11.3. The molecule has 0 atom stereocenters. The van der Waals surface area contributed by atoms with E-state index in [1.54, 1.807) is 0 Å². The molecule has 0 unspecified atom stereocenters. The van der Waals surface area contributed by atoms with E-state index in [2.05, 4.69) is 24.3 Å². The minimum absolute atomic E-state index is 0. The number of hydrogen-bond donors (Lipinski definition) is 1. The van der Waals surface area contributed by atoms with Crippen molar-refractivity contribution in [2.75, 3.05) is 0 Å². The number of aromatic nitrogens is 2. The third-order valence-corrected chi connectivity index (χ3v) is 2.16. The summed E-state index contributed by atoms with van der Waals surface area (Å²) in [6.07, 6.45) is 1.93. The van der Waals surface area contributed by atoms with Gasteiger partial charge in [0, 0.05) is 19.6 Å². The normalized spacial score (nSPS) is 11.1. The van der Waals surface area contributed by atoms with Gasteiger partial charge in [-0.15, -0.1) is 0 Å². The van der Waals surface area contributed by atoms with Crippen LogP contribution >= 0.6 is 0 Å². The molecule has 0 fully saturated rings. The quantitative estimate of drug-likeness (QED) is 0.827. The fourth-order valence-corrected chi connectivity index (χ4v) is 1.14. The second-order valence-electron chi connectivity index (χ2n) is 4.25. The highest BCUT2D eigenvalue weighted by molar-refractivity contribution is 5.77. The molecule has 0 bridgehead atoms. The molecule has 0 radical (unpaired) electrons. The van der Waals surface area contributed by atoms with Crippen molar-refractivity contribution in [3.05, 3.63) is 18.0 Å². The van der Waals surface area contributed by atoms with Crippen LogP contribution in [0, 0.1) is 5.92 Å². The molecule has 0 aliphatic carbocycles. The second kappa shape index (κ2) is 4.96. The van der Waals surface area contributed by atoms with Crippen LogP contribution in [0.3, 0.4) is 0 Å². The van der Waals surface area contributed by atoms with Gasteiger partial charge in [-0.25, -0.2) is 0 Å². The number of hydrogen-bond acceptors (Lipinski definition) is 2. The van der Waals surface area contributed by atoms with Crippen molar-refractivity contribution >= 4 is 5.91 Å². The summed E-state index contributed by atoms with van der Waals surface area (Å²) in [4.78, 5) is 11.3. The first-order valence-electron chi connectivity index (χ1n) is 5.32. The Kier molecular flexibility index (Phi) is 3.88. The van der Waals surface area contributed by atoms with Gasteiger partial charge in [0.2, 0.25) is 5.91 Å². The lowest BCUT2D eigenvalue weighted by Gasteiger charge is -2.06. The Balaban J connectivity index is 0.00000225. The molecule has 4 nitrogen and oxygen atoms in total. The first-order valence-corrected chi connectivity index (χ1v) is 5.32. The van der Waals surface area contributed by atoms with Crippen LogP contribution < -0.4 is 5.32 Å². The minimum Gasteiger partial charge on any atom is -0.350 e. The SMILES string of the molecule is CC(C)C(=O)NCc1ccn(C(C)C)n1.[HH]. The van der Waals surface area contributed by atoms with Crippen LogP contribution in [0.1, 0.15) is 40.9 Å². The van der Waals surface area contributed by atoms with Crippen molar-refractivity contribution in [2.24, 2.45) is 5.92 Å². The van der Waals surface area contributed by atoms with Crippen LogP contribution in [0.2, 0.25) is 0 Å². The molecule has 1 amide bonds. The van der Waals surface area contributed by atoms with Gasteiger partial charge in [0.05, 0.1) is 12.2 Å². The van der Waals surface area contributed by atoms with Crippen LogP contribution in [0.25, 0.3) is 0 Å². The highest BCUT2D eigenvalue weighted by atomic mass is 16.1. The van der Waals surface area contributed by atoms with E-state index in [1.165, 1.54) is 0 Å². The number of nitrogens with zero attached hydrogens (tertiary/aromatic N) is 2. The highest BCUT2D eigenvalue weighted by Crippen LogP contribution is 2.04. The standard InChI is InChI=1S/C11H19N3O.H2/c1-8(2)11(15)12-7-10-5-6-14(13-10)9(3)4;/h5-6,8-9H,7H2,1-4H3,(H,12,15);1H. The lowest BCUT2D eigenvalue weighted by Crippen LogP contribution is -2.27. The van der Waals surface area contributed by atoms with Gasteiger partial charge in [0.25, 0.3) is 0 Å². The number of amides is 1. The monoisotopic (exact) mass is 211 g/mol. The number of carbonyl (C=O) groups excluding carboxylic acids is 1. The van der Waals surface area contributed by atoms with E-state index in [1.807, 2.05) is 30.8 Å². The average molecular weight is 211 g/mol. The van der Waals surface area contributed by atoms with Crippen LogP contribution in [0.5, 0.6) is 0 Å². The van der Waals surface area contributed by atoms with Gasteiger partial charge in [0.1, 0.15) is 0 Å². The van der Waals surface area contributed by atoms with Gasteiger partial charge in [-0.1, -0.05) is 13.8 Å². The predicted molar refractivity (Wildman–Crippen MR) is 61.4 cm³/mol. The van der Waals surface area contributed by atoms with Gasteiger partial charge in [0.15, 0.2) is 0 Å². The topological polar surface area (TPSA) is 46.9 Å². The van der Waals surface area contributed by atoms with Gasteiger partial charge in [-0.2, -0.15) is 5.10 Å². The molecule has 0 aromatic carbocycles. The first-order chi connectivity index (χ1) is 7.00. The molecule has 0 aliphatic heterocycles. The molecule has 86 valence electrons. The third-order valence-electron chi connectivity index (χ3n) is 2.16. The summed E-state index contributed by atoms with van der Waals surface area (Å²) in [5.41, 5.74) is 0.901. The average Bonchev–Trinajstić information content (AvgIpc) is 2.62. The van der Waals surface area contributed by atoms with Gasteiger partial charge < -0.3 is 5.32 Å². The van der Waals surface area contributed by atoms with Crippen LogP contribution in [0.4, 0.5) is 0 Å². The van der Waals surface area contributed by atoms with Crippen LogP contribution in [-0.2, 0) is 11.3 Å². The predicted octanol–water partition coefficient (Wildman–Crippen LogP) is 1.98. The largest absolute Gasteiger partial charge is 0.350 e. The zero-order valence-corrected chi connectivity index (χ0v) is 9.82. The van der Waals surface area contributed by atoms with E-state index in [-0.39, 0.29) is 13.3 Å². The smallest absolute Gasteiger partial charge is 0.222 e. The first kappa shape index (κ1) is 11.8. The van der Waals surface area contributed by atoms with Gasteiger partial charge in [-0.3, -0.25) is 9.48 Å². The molecule has 1 aromatic heterocycles. The fourth-order valence-electron chi connectivity index (χ4n) is 1.14. The number of carbonyl (C=O) groups is 1. The van der Waals surface area contributed by atoms with Crippen molar-refractivity contribution in [3.63, 3.8) is 0 Å². The maximum Gasteiger partial charge on any atom is 0.222 e. The van der Waals surface area contributed by atoms with E-state index < -0.39 is 0 Å². The summed E-state index contributed by atoms with van der Waals surface area (Å²) >= 11 is 0. The van der Waals surface area contributed by atoms with Gasteiger partial charge >= 0.3 is 0 Å². The zero-order valence-electron chi connectivity index (χ0n) is 9.82. The molecule has 1 aromatic rings. The van der Waals surface area contributed by atoms with Crippen molar-refractivity contribution in [2.45, 2.75) is 40.3 Å². The Bertz CT molecular complexity index is 334. The molecule has 0 spiro atoms. The van der Waals surface area contributed by atoms with Crippen molar-refractivity contribution in [1.29, 1.82) is 0 Å². The van der Waals surface area contributed by atoms with E-state index in [0.29, 0.717) is 12.6 Å². The Hall–Kier alpha value is -1.32. The van der Waals surface area contributed by atoms with Crippen molar-refractivity contribution in [1.82, 2.24) is 15.1 Å². The molecule has 0 aliphatic rings. The lowest BCUT2D eigenvalue weighted by molar-refractivity contribution is -0.124. The fraction of sp³-hybridized carbons (Fsp3) is 0.636. The minimum atomic E-state index is 0. The molecular formula is C11H21N3O. The third kappa shape index (κ3) is 3.38. The lowest BCUT2D eigenvalue weighted by atomic mass is 10.2. The molecule has 0 saturated heterocycles. The van der Waals surface area contributed by atoms with E-state index >= 15 is 0 Å². The van der Waals surface area contributed by atoms with E-state index in [0.717, 1.165) is 5.69 Å². The molecule has 0 saturated carbocycles. The Morgan fingerprint density at radius 3 is 2.67 bits per heavy atom.